The second-order valence-electron chi connectivity index (χ2n) is 9.98. The predicted octanol–water partition coefficient (Wildman–Crippen LogP) is 5.54. The number of ether oxygens (including phenoxy) is 1. The van der Waals surface area contributed by atoms with Crippen LogP contribution in [0.1, 0.15) is 64.1 Å². The number of sulfonamides is 1. The van der Waals surface area contributed by atoms with Crippen LogP contribution in [0.3, 0.4) is 0 Å². The number of amides is 1. The zero-order valence-electron chi connectivity index (χ0n) is 22.4. The molecule has 2 aromatic carbocycles. The number of aromatic carboxylic acids is 1. The zero-order chi connectivity index (χ0) is 30.1. The summed E-state index contributed by atoms with van der Waals surface area (Å²) in [5.41, 5.74) is -0.356. The number of pyridine rings is 1. The standard InChI is InChI=1S/C28H28F3N3O6S/c1-16(2)34(26(35)19-6-4-17(3)5-7-19)24-11-8-20(13-22(24)27(36)37)40-25-23(28(29,30)31)12-18(14-32-25)15-33-41(38,39)21-9-10-21/h4-8,11-14,16,21,33H,9-10,15H2,1-3H3,(H,36,37). The van der Waals surface area contributed by atoms with Crippen LogP contribution in [0.15, 0.2) is 54.7 Å². The summed E-state index contributed by atoms with van der Waals surface area (Å²) in [4.78, 5) is 30.5. The molecule has 2 N–H and O–H groups in total. The van der Waals surface area contributed by atoms with Gasteiger partial charge in [-0.1, -0.05) is 17.7 Å². The maximum Gasteiger partial charge on any atom is 0.421 e. The summed E-state index contributed by atoms with van der Waals surface area (Å²) in [5, 5.41) is 9.38. The summed E-state index contributed by atoms with van der Waals surface area (Å²) in [6.07, 6.45) is -2.86. The molecular formula is C28H28F3N3O6S. The van der Waals surface area contributed by atoms with E-state index in [0.717, 1.165) is 23.9 Å². The van der Waals surface area contributed by atoms with Gasteiger partial charge in [0.05, 0.1) is 16.5 Å². The van der Waals surface area contributed by atoms with Crippen molar-refractivity contribution in [1.29, 1.82) is 0 Å². The zero-order valence-corrected chi connectivity index (χ0v) is 23.2. The van der Waals surface area contributed by atoms with E-state index in [-0.39, 0.29) is 29.1 Å². The lowest BCUT2D eigenvalue weighted by Crippen LogP contribution is -2.38. The average Bonchev–Trinajstić information content (AvgIpc) is 3.75. The van der Waals surface area contributed by atoms with Crippen molar-refractivity contribution in [3.05, 3.63) is 82.5 Å². The predicted molar refractivity (Wildman–Crippen MR) is 145 cm³/mol. The summed E-state index contributed by atoms with van der Waals surface area (Å²) in [6.45, 7) is 4.88. The number of nitrogens with one attached hydrogen (secondary N) is 1. The molecule has 3 aromatic rings. The molecule has 0 unspecified atom stereocenters. The second kappa shape index (κ2) is 11.5. The van der Waals surface area contributed by atoms with Gasteiger partial charge in [0.25, 0.3) is 5.91 Å². The summed E-state index contributed by atoms with van der Waals surface area (Å²) in [6, 6.07) is 10.6. The van der Waals surface area contributed by atoms with E-state index in [1.54, 1.807) is 38.1 Å². The molecule has 1 amide bonds. The molecule has 1 aliphatic carbocycles. The summed E-state index contributed by atoms with van der Waals surface area (Å²) in [5.74, 6) is -2.97. The Morgan fingerprint density at radius 3 is 2.34 bits per heavy atom. The number of halogens is 3. The fourth-order valence-corrected chi connectivity index (χ4v) is 5.45. The van der Waals surface area contributed by atoms with Gasteiger partial charge in [0.15, 0.2) is 0 Å². The first-order valence-corrected chi connectivity index (χ1v) is 14.2. The van der Waals surface area contributed by atoms with Crippen molar-refractivity contribution >= 4 is 27.6 Å². The Morgan fingerprint density at radius 2 is 1.78 bits per heavy atom. The van der Waals surface area contributed by atoms with Crippen LogP contribution in [0, 0.1) is 6.92 Å². The fraction of sp³-hybridized carbons (Fsp3) is 0.321. The molecule has 0 spiro atoms. The Bertz CT molecular complexity index is 1570. The maximum absolute atomic E-state index is 13.9. The molecule has 0 aliphatic heterocycles. The van der Waals surface area contributed by atoms with E-state index < -0.39 is 50.8 Å². The van der Waals surface area contributed by atoms with E-state index in [0.29, 0.717) is 18.4 Å². The Labute approximate surface area is 235 Å². The van der Waals surface area contributed by atoms with E-state index >= 15 is 0 Å². The van der Waals surface area contributed by atoms with Crippen molar-refractivity contribution in [1.82, 2.24) is 9.71 Å². The van der Waals surface area contributed by atoms with Crippen molar-refractivity contribution in [3.8, 4) is 11.6 Å². The van der Waals surface area contributed by atoms with Gasteiger partial charge in [-0.15, -0.1) is 0 Å². The quantitative estimate of drug-likeness (QED) is 0.317. The highest BCUT2D eigenvalue weighted by Crippen LogP contribution is 2.38. The Kier molecular flexibility index (Phi) is 8.41. The van der Waals surface area contributed by atoms with E-state index in [4.69, 9.17) is 4.74 Å². The van der Waals surface area contributed by atoms with Crippen molar-refractivity contribution < 1.29 is 41.0 Å². The Hall–Kier alpha value is -3.97. The van der Waals surface area contributed by atoms with Crippen LogP contribution in [-0.4, -0.2) is 41.7 Å². The van der Waals surface area contributed by atoms with E-state index in [1.807, 2.05) is 6.92 Å². The number of carboxylic acid groups (broad SMARTS) is 1. The molecule has 1 fully saturated rings. The molecule has 13 heteroatoms. The van der Waals surface area contributed by atoms with Gasteiger partial charge in [0, 0.05) is 24.3 Å². The highest BCUT2D eigenvalue weighted by molar-refractivity contribution is 7.90. The number of hydrogen-bond acceptors (Lipinski definition) is 6. The van der Waals surface area contributed by atoms with Gasteiger partial charge in [0.2, 0.25) is 15.9 Å². The minimum absolute atomic E-state index is 0.0299. The Balaban J connectivity index is 1.65. The van der Waals surface area contributed by atoms with Crippen LogP contribution in [0.4, 0.5) is 18.9 Å². The SMILES string of the molecule is Cc1ccc(C(=O)N(c2ccc(Oc3ncc(CNS(=O)(=O)C4CC4)cc3C(F)(F)F)cc2C(=O)O)C(C)C)cc1. The number of carboxylic acids is 1. The van der Waals surface area contributed by atoms with Gasteiger partial charge in [-0.05, 0) is 75.6 Å². The van der Waals surface area contributed by atoms with E-state index in [2.05, 4.69) is 9.71 Å². The third-order valence-electron chi connectivity index (χ3n) is 6.36. The van der Waals surface area contributed by atoms with Crippen LogP contribution in [0.25, 0.3) is 0 Å². The van der Waals surface area contributed by atoms with Gasteiger partial charge in [-0.3, -0.25) is 4.79 Å². The first-order chi connectivity index (χ1) is 19.2. The van der Waals surface area contributed by atoms with Crippen molar-refractivity contribution in [2.75, 3.05) is 4.90 Å². The number of rotatable bonds is 10. The number of anilines is 1. The normalized spacial score (nSPS) is 13.7. The topological polar surface area (TPSA) is 126 Å². The molecule has 218 valence electrons. The first-order valence-electron chi connectivity index (χ1n) is 12.7. The lowest BCUT2D eigenvalue weighted by molar-refractivity contribution is -0.138. The van der Waals surface area contributed by atoms with Crippen molar-refractivity contribution in [2.45, 2.75) is 57.6 Å². The molecule has 0 bridgehead atoms. The van der Waals surface area contributed by atoms with Crippen LogP contribution in [-0.2, 0) is 22.7 Å². The lowest BCUT2D eigenvalue weighted by Gasteiger charge is -2.28. The average molecular weight is 592 g/mol. The number of aromatic nitrogens is 1. The van der Waals surface area contributed by atoms with Gasteiger partial charge < -0.3 is 14.7 Å². The van der Waals surface area contributed by atoms with Gasteiger partial charge in [-0.25, -0.2) is 22.9 Å². The van der Waals surface area contributed by atoms with E-state index in [9.17, 15) is 36.3 Å². The lowest BCUT2D eigenvalue weighted by atomic mass is 10.1. The van der Waals surface area contributed by atoms with Crippen LogP contribution >= 0.6 is 0 Å². The fourth-order valence-electron chi connectivity index (χ4n) is 4.09. The number of carbonyl (C=O) groups is 2. The van der Waals surface area contributed by atoms with Gasteiger partial charge >= 0.3 is 12.1 Å². The van der Waals surface area contributed by atoms with Gasteiger partial charge in [0.1, 0.15) is 11.3 Å². The smallest absolute Gasteiger partial charge is 0.421 e. The Morgan fingerprint density at radius 1 is 1.12 bits per heavy atom. The molecule has 1 aliphatic rings. The number of hydrogen-bond donors (Lipinski definition) is 2. The molecule has 0 atom stereocenters. The summed E-state index contributed by atoms with van der Waals surface area (Å²) in [7, 11) is -3.62. The third-order valence-corrected chi connectivity index (χ3v) is 8.26. The maximum atomic E-state index is 13.9. The van der Waals surface area contributed by atoms with E-state index in [1.165, 1.54) is 17.0 Å². The number of aryl methyl sites for hydroxylation is 1. The molecule has 41 heavy (non-hydrogen) atoms. The minimum Gasteiger partial charge on any atom is -0.478 e. The largest absolute Gasteiger partial charge is 0.478 e. The van der Waals surface area contributed by atoms with Crippen LogP contribution in [0.2, 0.25) is 0 Å². The van der Waals surface area contributed by atoms with Crippen molar-refractivity contribution in [3.63, 3.8) is 0 Å². The molecule has 0 saturated heterocycles. The number of alkyl halides is 3. The number of benzene rings is 2. The number of nitrogens with zero attached hydrogens (tertiary/aromatic N) is 2. The highest BCUT2D eigenvalue weighted by atomic mass is 32.2. The molecular weight excluding hydrogens is 563 g/mol. The molecule has 1 aromatic heterocycles. The second-order valence-corrected chi connectivity index (χ2v) is 12.0. The van der Waals surface area contributed by atoms with Crippen molar-refractivity contribution in [2.24, 2.45) is 0 Å². The van der Waals surface area contributed by atoms with Gasteiger partial charge in [-0.2, -0.15) is 13.2 Å². The minimum atomic E-state index is -4.90. The summed E-state index contributed by atoms with van der Waals surface area (Å²) >= 11 is 0. The summed E-state index contributed by atoms with van der Waals surface area (Å²) < 4.78 is 73.4. The molecule has 1 saturated carbocycles. The molecule has 1 heterocycles. The third kappa shape index (κ3) is 7.03. The van der Waals surface area contributed by atoms with Crippen LogP contribution in [0.5, 0.6) is 11.6 Å². The van der Waals surface area contributed by atoms with Crippen LogP contribution < -0.4 is 14.4 Å². The monoisotopic (exact) mass is 591 g/mol. The molecule has 9 nitrogen and oxygen atoms in total. The number of carbonyl (C=O) groups excluding carboxylic acids is 1. The first kappa shape index (κ1) is 30.0. The molecule has 4 rings (SSSR count). The highest BCUT2D eigenvalue weighted by Gasteiger charge is 2.37. The molecule has 0 radical (unpaired) electrons.